The Morgan fingerprint density at radius 2 is 1.81 bits per heavy atom. The van der Waals surface area contributed by atoms with Gasteiger partial charge in [-0.1, -0.05) is 30.3 Å². The number of anilines is 1. The van der Waals surface area contributed by atoms with Gasteiger partial charge in [0.05, 0.1) is 18.2 Å². The van der Waals surface area contributed by atoms with Crippen molar-refractivity contribution in [3.63, 3.8) is 0 Å². The van der Waals surface area contributed by atoms with Crippen LogP contribution in [0.25, 0.3) is 0 Å². The maximum atomic E-state index is 12.9. The molecule has 0 unspecified atom stereocenters. The SMILES string of the molecule is CCOc1ccc([C@@H]2NC(=O)NC(C)=C2C(=O)Nc2ccccc2)cc1. The number of rotatable bonds is 5. The smallest absolute Gasteiger partial charge is 0.319 e. The van der Waals surface area contributed by atoms with E-state index >= 15 is 0 Å². The lowest BCUT2D eigenvalue weighted by atomic mass is 9.94. The van der Waals surface area contributed by atoms with Crippen LogP contribution in [0.1, 0.15) is 25.5 Å². The lowest BCUT2D eigenvalue weighted by molar-refractivity contribution is -0.113. The third-order valence-corrected chi connectivity index (χ3v) is 4.07. The number of hydrogen-bond acceptors (Lipinski definition) is 3. The van der Waals surface area contributed by atoms with Crippen LogP contribution in [0.4, 0.5) is 10.5 Å². The van der Waals surface area contributed by atoms with Gasteiger partial charge in [-0.15, -0.1) is 0 Å². The minimum Gasteiger partial charge on any atom is -0.494 e. The summed E-state index contributed by atoms with van der Waals surface area (Å²) in [6.45, 7) is 4.21. The molecule has 0 spiro atoms. The molecule has 1 heterocycles. The standard InChI is InChI=1S/C20H21N3O3/c1-3-26-16-11-9-14(10-12-16)18-17(13(2)21-20(25)23-18)19(24)22-15-7-5-4-6-8-15/h4-12,18H,3H2,1-2H3,(H,22,24)(H2,21,23,25)/t18-/m0/s1. The van der Waals surface area contributed by atoms with Crippen LogP contribution in [-0.2, 0) is 4.79 Å². The van der Waals surface area contributed by atoms with Crippen LogP contribution in [0.2, 0.25) is 0 Å². The number of benzene rings is 2. The average molecular weight is 351 g/mol. The van der Waals surface area contributed by atoms with Crippen molar-refractivity contribution < 1.29 is 14.3 Å². The Balaban J connectivity index is 1.90. The van der Waals surface area contributed by atoms with Gasteiger partial charge >= 0.3 is 6.03 Å². The van der Waals surface area contributed by atoms with Gasteiger partial charge < -0.3 is 20.7 Å². The molecule has 0 radical (unpaired) electrons. The summed E-state index contributed by atoms with van der Waals surface area (Å²) in [6, 6.07) is 15.7. The molecule has 0 aliphatic carbocycles. The lowest BCUT2D eigenvalue weighted by Gasteiger charge is -2.28. The fraction of sp³-hybridized carbons (Fsp3) is 0.200. The minimum absolute atomic E-state index is 0.264. The van der Waals surface area contributed by atoms with Crippen molar-refractivity contribution in [2.75, 3.05) is 11.9 Å². The van der Waals surface area contributed by atoms with Crippen LogP contribution < -0.4 is 20.7 Å². The topological polar surface area (TPSA) is 79.5 Å². The van der Waals surface area contributed by atoms with Crippen molar-refractivity contribution >= 4 is 17.6 Å². The van der Waals surface area contributed by atoms with Crippen LogP contribution in [-0.4, -0.2) is 18.5 Å². The van der Waals surface area contributed by atoms with Gasteiger partial charge in [-0.05, 0) is 43.7 Å². The van der Waals surface area contributed by atoms with E-state index in [1.165, 1.54) is 0 Å². The molecule has 0 saturated heterocycles. The van der Waals surface area contributed by atoms with E-state index in [9.17, 15) is 9.59 Å². The number of para-hydroxylation sites is 1. The summed E-state index contributed by atoms with van der Waals surface area (Å²) in [5.74, 6) is 0.479. The van der Waals surface area contributed by atoms with Gasteiger partial charge in [0.1, 0.15) is 5.75 Å². The molecule has 3 amide bonds. The van der Waals surface area contributed by atoms with Crippen LogP contribution >= 0.6 is 0 Å². The Morgan fingerprint density at radius 1 is 1.12 bits per heavy atom. The van der Waals surface area contributed by atoms with Gasteiger partial charge in [0.2, 0.25) is 0 Å². The number of hydrogen-bond donors (Lipinski definition) is 3. The van der Waals surface area contributed by atoms with E-state index in [0.29, 0.717) is 23.6 Å². The summed E-state index contributed by atoms with van der Waals surface area (Å²) in [7, 11) is 0. The minimum atomic E-state index is -0.539. The lowest BCUT2D eigenvalue weighted by Crippen LogP contribution is -2.45. The van der Waals surface area contributed by atoms with Crippen LogP contribution in [0.15, 0.2) is 65.9 Å². The number of carbonyl (C=O) groups is 2. The zero-order valence-corrected chi connectivity index (χ0v) is 14.7. The molecular formula is C20H21N3O3. The number of nitrogens with one attached hydrogen (secondary N) is 3. The average Bonchev–Trinajstić information content (AvgIpc) is 2.62. The number of urea groups is 1. The van der Waals surface area contributed by atoms with E-state index in [1.807, 2.05) is 61.5 Å². The Morgan fingerprint density at radius 3 is 2.46 bits per heavy atom. The van der Waals surface area contributed by atoms with Crippen molar-refractivity contribution in [3.05, 3.63) is 71.4 Å². The Kier molecular flexibility index (Phi) is 5.22. The second-order valence-corrected chi connectivity index (χ2v) is 5.89. The summed E-state index contributed by atoms with van der Waals surface area (Å²) in [6.07, 6.45) is 0. The van der Waals surface area contributed by atoms with Crippen LogP contribution in [0, 0.1) is 0 Å². The molecule has 1 aliphatic rings. The van der Waals surface area contributed by atoms with E-state index in [4.69, 9.17) is 4.74 Å². The highest BCUT2D eigenvalue weighted by Crippen LogP contribution is 2.29. The van der Waals surface area contributed by atoms with Gasteiger partial charge in [0, 0.05) is 11.4 Å². The largest absolute Gasteiger partial charge is 0.494 e. The molecule has 0 aromatic heterocycles. The summed E-state index contributed by atoms with van der Waals surface area (Å²) in [5, 5.41) is 8.37. The molecular weight excluding hydrogens is 330 g/mol. The van der Waals surface area contributed by atoms with Gasteiger partial charge in [-0.3, -0.25) is 4.79 Å². The fourth-order valence-corrected chi connectivity index (χ4v) is 2.89. The van der Waals surface area contributed by atoms with Gasteiger partial charge in [0.25, 0.3) is 5.91 Å². The maximum Gasteiger partial charge on any atom is 0.319 e. The van der Waals surface area contributed by atoms with E-state index in [1.54, 1.807) is 6.92 Å². The second kappa shape index (κ2) is 7.74. The molecule has 3 N–H and O–H groups in total. The molecule has 6 heteroatoms. The summed E-state index contributed by atoms with van der Waals surface area (Å²) >= 11 is 0. The molecule has 2 aromatic carbocycles. The molecule has 6 nitrogen and oxygen atoms in total. The Labute approximate surface area is 152 Å². The van der Waals surface area contributed by atoms with Crippen molar-refractivity contribution in [2.45, 2.75) is 19.9 Å². The third-order valence-electron chi connectivity index (χ3n) is 4.07. The molecule has 1 aliphatic heterocycles. The third kappa shape index (κ3) is 3.85. The summed E-state index contributed by atoms with van der Waals surface area (Å²) in [5.41, 5.74) is 2.50. The van der Waals surface area contributed by atoms with E-state index in [-0.39, 0.29) is 11.9 Å². The maximum absolute atomic E-state index is 12.9. The zero-order valence-electron chi connectivity index (χ0n) is 14.7. The first-order chi connectivity index (χ1) is 12.6. The summed E-state index contributed by atoms with van der Waals surface area (Å²) < 4.78 is 5.45. The van der Waals surface area contributed by atoms with Crippen molar-refractivity contribution in [2.24, 2.45) is 0 Å². The normalized spacial score (nSPS) is 16.5. The quantitative estimate of drug-likeness (QED) is 0.773. The predicted octanol–water partition coefficient (Wildman–Crippen LogP) is 3.35. The fourth-order valence-electron chi connectivity index (χ4n) is 2.89. The van der Waals surface area contributed by atoms with Gasteiger partial charge in [-0.2, -0.15) is 0 Å². The van der Waals surface area contributed by atoms with Crippen LogP contribution in [0.3, 0.4) is 0 Å². The second-order valence-electron chi connectivity index (χ2n) is 5.89. The highest BCUT2D eigenvalue weighted by atomic mass is 16.5. The monoisotopic (exact) mass is 351 g/mol. The molecule has 0 fully saturated rings. The van der Waals surface area contributed by atoms with Crippen molar-refractivity contribution in [3.8, 4) is 5.75 Å². The number of allylic oxidation sites excluding steroid dienone is 1. The number of amides is 3. The number of ether oxygens (including phenoxy) is 1. The molecule has 134 valence electrons. The number of carbonyl (C=O) groups excluding carboxylic acids is 2. The molecule has 0 saturated carbocycles. The predicted molar refractivity (Wildman–Crippen MR) is 99.8 cm³/mol. The Bertz CT molecular complexity index is 829. The first kappa shape index (κ1) is 17.5. The highest BCUT2D eigenvalue weighted by Gasteiger charge is 2.31. The molecule has 26 heavy (non-hydrogen) atoms. The molecule has 2 aromatic rings. The first-order valence-electron chi connectivity index (χ1n) is 8.46. The Hall–Kier alpha value is -3.28. The zero-order chi connectivity index (χ0) is 18.5. The molecule has 1 atom stereocenters. The van der Waals surface area contributed by atoms with E-state index < -0.39 is 6.04 Å². The van der Waals surface area contributed by atoms with E-state index in [2.05, 4.69) is 16.0 Å². The van der Waals surface area contributed by atoms with Crippen LogP contribution in [0.5, 0.6) is 5.75 Å². The van der Waals surface area contributed by atoms with Gasteiger partial charge in [0.15, 0.2) is 0 Å². The van der Waals surface area contributed by atoms with Crippen molar-refractivity contribution in [1.82, 2.24) is 10.6 Å². The first-order valence-corrected chi connectivity index (χ1v) is 8.46. The molecule has 3 rings (SSSR count). The molecule has 0 bridgehead atoms. The van der Waals surface area contributed by atoms with Crippen molar-refractivity contribution in [1.29, 1.82) is 0 Å². The van der Waals surface area contributed by atoms with Gasteiger partial charge in [-0.25, -0.2) is 4.79 Å². The highest BCUT2D eigenvalue weighted by molar-refractivity contribution is 6.06. The summed E-state index contributed by atoms with van der Waals surface area (Å²) in [4.78, 5) is 24.8. The van der Waals surface area contributed by atoms with E-state index in [0.717, 1.165) is 11.3 Å².